The Hall–Kier alpha value is -2.87. The van der Waals surface area contributed by atoms with E-state index in [4.69, 9.17) is 4.74 Å². The Balaban J connectivity index is 1.40. The van der Waals surface area contributed by atoms with Gasteiger partial charge >= 0.3 is 0 Å². The van der Waals surface area contributed by atoms with Crippen molar-refractivity contribution >= 4 is 17.7 Å². The van der Waals surface area contributed by atoms with Crippen LogP contribution in [-0.2, 0) is 17.9 Å². The average molecular weight is 438 g/mol. The third-order valence-electron chi connectivity index (χ3n) is 5.63. The molecule has 0 N–H and O–H groups in total. The Bertz CT molecular complexity index is 989. The molecule has 0 bridgehead atoms. The molecule has 1 heterocycles. The van der Waals surface area contributed by atoms with E-state index in [0.29, 0.717) is 29.9 Å². The van der Waals surface area contributed by atoms with Gasteiger partial charge in [0.15, 0.2) is 0 Å². The van der Waals surface area contributed by atoms with Gasteiger partial charge in [0.2, 0.25) is 11.1 Å². The highest BCUT2D eigenvalue weighted by Crippen LogP contribution is 2.36. The molecular weight excluding hydrogens is 410 g/mol. The van der Waals surface area contributed by atoms with E-state index in [-0.39, 0.29) is 11.9 Å². The Morgan fingerprint density at radius 2 is 1.90 bits per heavy atom. The summed E-state index contributed by atoms with van der Waals surface area (Å²) in [5, 5.41) is 12.7. The van der Waals surface area contributed by atoms with Gasteiger partial charge in [0.25, 0.3) is 0 Å². The number of hydrogen-bond acceptors (Lipinski definition) is 6. The molecule has 1 aromatic heterocycles. The first-order chi connectivity index (χ1) is 15.1. The predicted octanol–water partition coefficient (Wildman–Crippen LogP) is 3.65. The number of amides is 1. The Morgan fingerprint density at radius 3 is 2.58 bits per heavy atom. The van der Waals surface area contributed by atoms with Gasteiger partial charge in [-0.1, -0.05) is 54.2 Å². The summed E-state index contributed by atoms with van der Waals surface area (Å²) < 4.78 is 6.93. The normalized spacial score (nSPS) is 14.3. The summed E-state index contributed by atoms with van der Waals surface area (Å²) >= 11 is 1.39. The van der Waals surface area contributed by atoms with Gasteiger partial charge in [-0.2, -0.15) is 0 Å². The second-order valence-electron chi connectivity index (χ2n) is 7.84. The number of tetrazole rings is 1. The molecule has 0 spiro atoms. The van der Waals surface area contributed by atoms with Crippen LogP contribution in [0.25, 0.3) is 0 Å². The van der Waals surface area contributed by atoms with E-state index in [1.165, 1.54) is 24.6 Å². The number of ether oxygens (including phenoxy) is 1. The molecule has 1 aliphatic rings. The Morgan fingerprint density at radius 1 is 1.16 bits per heavy atom. The lowest BCUT2D eigenvalue weighted by atomic mass is 10.1. The van der Waals surface area contributed by atoms with Crippen molar-refractivity contribution in [2.75, 3.05) is 12.9 Å². The maximum absolute atomic E-state index is 13.2. The van der Waals surface area contributed by atoms with Crippen LogP contribution in [0.1, 0.15) is 30.9 Å². The summed E-state index contributed by atoms with van der Waals surface area (Å²) in [5.74, 6) is 1.85. The van der Waals surface area contributed by atoms with Gasteiger partial charge in [-0.25, -0.2) is 4.68 Å². The summed E-state index contributed by atoms with van der Waals surface area (Å²) in [7, 11) is 1.65. The van der Waals surface area contributed by atoms with Crippen LogP contribution in [0.3, 0.4) is 0 Å². The van der Waals surface area contributed by atoms with Crippen LogP contribution in [0.4, 0.5) is 0 Å². The summed E-state index contributed by atoms with van der Waals surface area (Å²) in [6, 6.07) is 18.2. The van der Waals surface area contributed by atoms with Crippen LogP contribution in [0, 0.1) is 5.92 Å². The highest BCUT2D eigenvalue weighted by atomic mass is 32.2. The lowest BCUT2D eigenvalue weighted by molar-refractivity contribution is -0.131. The molecule has 31 heavy (non-hydrogen) atoms. The molecular formula is C23H27N5O2S. The molecule has 1 fully saturated rings. The van der Waals surface area contributed by atoms with Crippen molar-refractivity contribution in [3.05, 3.63) is 65.7 Å². The van der Waals surface area contributed by atoms with Gasteiger partial charge in [-0.05, 0) is 59.4 Å². The molecule has 2 aromatic carbocycles. The number of nitrogens with zero attached hydrogens (tertiary/aromatic N) is 5. The van der Waals surface area contributed by atoms with Crippen molar-refractivity contribution in [1.29, 1.82) is 0 Å². The van der Waals surface area contributed by atoms with Gasteiger partial charge in [-0.15, -0.1) is 5.10 Å². The average Bonchev–Trinajstić information content (AvgIpc) is 3.57. The van der Waals surface area contributed by atoms with Gasteiger partial charge in [0.05, 0.1) is 19.4 Å². The van der Waals surface area contributed by atoms with Gasteiger partial charge < -0.3 is 9.64 Å². The standard InChI is InChI=1S/C23H27N5O2S/c1-17(20-10-11-20)27(14-18-6-4-3-5-7-18)22(29)16-31-23-24-25-26-28(23)15-19-8-12-21(30-2)13-9-19/h3-9,12-13,17,20H,10-11,14-16H2,1-2H3. The summed E-state index contributed by atoms with van der Waals surface area (Å²) in [4.78, 5) is 15.2. The van der Waals surface area contributed by atoms with Crippen LogP contribution in [0.5, 0.6) is 5.75 Å². The monoisotopic (exact) mass is 437 g/mol. The van der Waals surface area contributed by atoms with E-state index in [0.717, 1.165) is 16.9 Å². The highest BCUT2D eigenvalue weighted by molar-refractivity contribution is 7.99. The van der Waals surface area contributed by atoms with E-state index in [9.17, 15) is 4.79 Å². The van der Waals surface area contributed by atoms with E-state index in [1.54, 1.807) is 11.8 Å². The Kier molecular flexibility index (Phi) is 6.86. The van der Waals surface area contributed by atoms with Crippen LogP contribution < -0.4 is 4.74 Å². The molecule has 1 unspecified atom stereocenters. The number of thioether (sulfide) groups is 1. The molecule has 1 amide bonds. The molecule has 162 valence electrons. The number of benzene rings is 2. The molecule has 3 aromatic rings. The predicted molar refractivity (Wildman–Crippen MR) is 120 cm³/mol. The number of hydrogen-bond donors (Lipinski definition) is 0. The zero-order valence-corrected chi connectivity index (χ0v) is 18.7. The fourth-order valence-corrected chi connectivity index (χ4v) is 4.35. The third-order valence-corrected chi connectivity index (χ3v) is 6.57. The van der Waals surface area contributed by atoms with Crippen molar-refractivity contribution in [2.24, 2.45) is 5.92 Å². The minimum atomic E-state index is 0.118. The molecule has 1 atom stereocenters. The fourth-order valence-electron chi connectivity index (χ4n) is 3.58. The zero-order chi connectivity index (χ0) is 21.6. The number of carbonyl (C=O) groups is 1. The molecule has 1 saturated carbocycles. The maximum Gasteiger partial charge on any atom is 0.233 e. The first-order valence-corrected chi connectivity index (χ1v) is 11.5. The molecule has 0 radical (unpaired) electrons. The third kappa shape index (κ3) is 5.64. The van der Waals surface area contributed by atoms with E-state index in [2.05, 4.69) is 34.6 Å². The second kappa shape index (κ2) is 9.96. The van der Waals surface area contributed by atoms with Crippen LogP contribution in [0.15, 0.2) is 59.8 Å². The van der Waals surface area contributed by atoms with Gasteiger partial charge in [0, 0.05) is 12.6 Å². The molecule has 8 heteroatoms. The summed E-state index contributed by atoms with van der Waals surface area (Å²) in [5.41, 5.74) is 2.21. The smallest absolute Gasteiger partial charge is 0.233 e. The highest BCUT2D eigenvalue weighted by Gasteiger charge is 2.34. The number of methoxy groups -OCH3 is 1. The SMILES string of the molecule is COc1ccc(Cn2nnnc2SCC(=O)N(Cc2ccccc2)C(C)C2CC2)cc1. The van der Waals surface area contributed by atoms with E-state index < -0.39 is 0 Å². The molecule has 1 aliphatic carbocycles. The first kappa shape index (κ1) is 21.4. The van der Waals surface area contributed by atoms with E-state index >= 15 is 0 Å². The number of aromatic nitrogens is 4. The van der Waals surface area contributed by atoms with Crippen molar-refractivity contribution in [2.45, 2.75) is 44.1 Å². The van der Waals surface area contributed by atoms with Crippen molar-refractivity contribution in [3.8, 4) is 5.75 Å². The minimum absolute atomic E-state index is 0.118. The zero-order valence-electron chi connectivity index (χ0n) is 17.8. The maximum atomic E-state index is 13.2. The molecule has 0 saturated heterocycles. The quantitative estimate of drug-likeness (QED) is 0.451. The van der Waals surface area contributed by atoms with Crippen molar-refractivity contribution in [3.63, 3.8) is 0 Å². The Labute approximate surface area is 186 Å². The van der Waals surface area contributed by atoms with Crippen LogP contribution in [-0.4, -0.2) is 49.9 Å². The lowest BCUT2D eigenvalue weighted by Crippen LogP contribution is -2.40. The van der Waals surface area contributed by atoms with Gasteiger partial charge in [-0.3, -0.25) is 4.79 Å². The number of rotatable bonds is 10. The summed E-state index contributed by atoms with van der Waals surface area (Å²) in [6.07, 6.45) is 2.40. The first-order valence-electron chi connectivity index (χ1n) is 10.5. The molecule has 0 aliphatic heterocycles. The fraction of sp³-hybridized carbons (Fsp3) is 0.391. The largest absolute Gasteiger partial charge is 0.497 e. The van der Waals surface area contributed by atoms with Crippen LogP contribution >= 0.6 is 11.8 Å². The lowest BCUT2D eigenvalue weighted by Gasteiger charge is -2.29. The molecule has 4 rings (SSSR count). The second-order valence-corrected chi connectivity index (χ2v) is 8.78. The molecule has 7 nitrogen and oxygen atoms in total. The van der Waals surface area contributed by atoms with Crippen molar-refractivity contribution in [1.82, 2.24) is 25.1 Å². The van der Waals surface area contributed by atoms with Gasteiger partial charge in [0.1, 0.15) is 5.75 Å². The summed E-state index contributed by atoms with van der Waals surface area (Å²) in [6.45, 7) is 3.34. The topological polar surface area (TPSA) is 73.1 Å². The van der Waals surface area contributed by atoms with Crippen LogP contribution in [0.2, 0.25) is 0 Å². The minimum Gasteiger partial charge on any atom is -0.497 e. The van der Waals surface area contributed by atoms with E-state index in [1.807, 2.05) is 47.4 Å². The van der Waals surface area contributed by atoms with Crippen molar-refractivity contribution < 1.29 is 9.53 Å². The number of carbonyl (C=O) groups excluding carboxylic acids is 1.